The molecule has 4 nitrogen and oxygen atoms in total. The van der Waals surface area contributed by atoms with Crippen molar-refractivity contribution in [2.45, 2.75) is 0 Å². The normalized spacial score (nSPS) is 10.3. The van der Waals surface area contributed by atoms with Crippen LogP contribution < -0.4 is 5.73 Å². The minimum Gasteiger partial charge on any atom is -0.478 e. The zero-order valence-corrected chi connectivity index (χ0v) is 10.4. The van der Waals surface area contributed by atoms with Crippen LogP contribution in [0.15, 0.2) is 28.2 Å². The van der Waals surface area contributed by atoms with Crippen molar-refractivity contribution in [1.82, 2.24) is 4.98 Å². The van der Waals surface area contributed by atoms with Gasteiger partial charge in [0, 0.05) is 16.6 Å². The molecule has 0 saturated heterocycles. The second kappa shape index (κ2) is 4.23. The largest absolute Gasteiger partial charge is 0.478 e. The average molecular weight is 299 g/mol. The summed E-state index contributed by atoms with van der Waals surface area (Å²) in [4.78, 5) is 15.7. The number of nitrogen functional groups attached to an aromatic ring is 1. The van der Waals surface area contributed by atoms with Crippen LogP contribution in [0.25, 0.3) is 10.4 Å². The van der Waals surface area contributed by atoms with Gasteiger partial charge in [0.1, 0.15) is 11.4 Å². The molecular formula is C10H7BrN2O2S. The number of rotatable bonds is 2. The summed E-state index contributed by atoms with van der Waals surface area (Å²) in [5, 5.41) is 9.09. The molecule has 0 bridgehead atoms. The maximum atomic E-state index is 11.1. The molecule has 0 aliphatic rings. The second-order valence-corrected chi connectivity index (χ2v) is 5.49. The average Bonchev–Trinajstić information content (AvgIpc) is 2.63. The Morgan fingerprint density at radius 1 is 1.44 bits per heavy atom. The molecule has 0 amide bonds. The van der Waals surface area contributed by atoms with Crippen molar-refractivity contribution in [1.29, 1.82) is 0 Å². The summed E-state index contributed by atoms with van der Waals surface area (Å²) in [5.41, 5.74) is 6.21. The Kier molecular flexibility index (Phi) is 2.93. The van der Waals surface area contributed by atoms with Crippen LogP contribution in [-0.4, -0.2) is 16.1 Å². The van der Waals surface area contributed by atoms with Gasteiger partial charge in [-0.25, -0.2) is 9.78 Å². The smallest absolute Gasteiger partial charge is 0.340 e. The van der Waals surface area contributed by atoms with Gasteiger partial charge in [0.2, 0.25) is 0 Å². The van der Waals surface area contributed by atoms with E-state index < -0.39 is 5.97 Å². The summed E-state index contributed by atoms with van der Waals surface area (Å²) in [6.45, 7) is 0. The molecule has 0 aromatic carbocycles. The number of carboxylic acids is 1. The summed E-state index contributed by atoms with van der Waals surface area (Å²) >= 11 is 4.78. The van der Waals surface area contributed by atoms with E-state index in [0.29, 0.717) is 5.56 Å². The number of halogens is 1. The summed E-state index contributed by atoms with van der Waals surface area (Å²) in [5.74, 6) is -1.03. The first-order chi connectivity index (χ1) is 7.59. The monoisotopic (exact) mass is 298 g/mol. The van der Waals surface area contributed by atoms with Crippen LogP contribution in [0.2, 0.25) is 0 Å². The number of carbonyl (C=O) groups is 1. The number of anilines is 1. The quantitative estimate of drug-likeness (QED) is 0.894. The number of carboxylic acid groups (broad SMARTS) is 1. The van der Waals surface area contributed by atoms with Crippen molar-refractivity contribution < 1.29 is 9.90 Å². The molecule has 16 heavy (non-hydrogen) atoms. The molecule has 2 rings (SSSR count). The number of hydrogen-bond donors (Lipinski definition) is 2. The van der Waals surface area contributed by atoms with Gasteiger partial charge < -0.3 is 10.8 Å². The van der Waals surface area contributed by atoms with Crippen LogP contribution in [-0.2, 0) is 0 Å². The number of pyridine rings is 1. The Hall–Kier alpha value is -1.40. The highest BCUT2D eigenvalue weighted by Gasteiger charge is 2.17. The minimum absolute atomic E-state index is 0.0366. The van der Waals surface area contributed by atoms with E-state index in [1.807, 2.05) is 12.1 Å². The Morgan fingerprint density at radius 3 is 2.75 bits per heavy atom. The van der Waals surface area contributed by atoms with Gasteiger partial charge >= 0.3 is 5.97 Å². The van der Waals surface area contributed by atoms with E-state index in [0.717, 1.165) is 8.66 Å². The Balaban J connectivity index is 2.65. The van der Waals surface area contributed by atoms with Gasteiger partial charge in [0.25, 0.3) is 0 Å². The van der Waals surface area contributed by atoms with Gasteiger partial charge in [0.05, 0.1) is 3.79 Å². The Morgan fingerprint density at radius 2 is 2.19 bits per heavy atom. The van der Waals surface area contributed by atoms with Gasteiger partial charge in [-0.05, 0) is 34.1 Å². The molecule has 82 valence electrons. The molecule has 2 aromatic heterocycles. The van der Waals surface area contributed by atoms with E-state index in [1.54, 1.807) is 6.07 Å². The molecule has 0 atom stereocenters. The zero-order chi connectivity index (χ0) is 11.7. The maximum absolute atomic E-state index is 11.1. The number of thiophene rings is 1. The fraction of sp³-hybridized carbons (Fsp3) is 0. The lowest BCUT2D eigenvalue weighted by Gasteiger charge is -2.05. The van der Waals surface area contributed by atoms with Gasteiger partial charge in [-0.1, -0.05) is 0 Å². The fourth-order valence-electron chi connectivity index (χ4n) is 1.37. The van der Waals surface area contributed by atoms with E-state index in [9.17, 15) is 4.79 Å². The first kappa shape index (κ1) is 11.1. The van der Waals surface area contributed by atoms with Gasteiger partial charge in [0.15, 0.2) is 0 Å². The van der Waals surface area contributed by atoms with E-state index in [1.165, 1.54) is 17.5 Å². The highest BCUT2D eigenvalue weighted by atomic mass is 79.9. The molecule has 0 fully saturated rings. The Bertz CT molecular complexity index is 554. The van der Waals surface area contributed by atoms with Gasteiger partial charge in [-0.3, -0.25) is 0 Å². The van der Waals surface area contributed by atoms with Crippen LogP contribution in [0.1, 0.15) is 10.4 Å². The number of aromatic carboxylic acids is 1. The summed E-state index contributed by atoms with van der Waals surface area (Å²) in [6, 6.07) is 5.36. The van der Waals surface area contributed by atoms with Crippen molar-refractivity contribution in [2.75, 3.05) is 5.73 Å². The number of aromatic nitrogens is 1. The maximum Gasteiger partial charge on any atom is 0.340 e. The second-order valence-electron chi connectivity index (χ2n) is 3.03. The standard InChI is InChI=1S/C10H7BrN2O2S/c11-7-2-1-6(16-7)5-3-4-13-9(12)8(5)10(14)15/h1-4H,(H2,12,13)(H,14,15). The van der Waals surface area contributed by atoms with Crippen LogP contribution in [0.5, 0.6) is 0 Å². The van der Waals surface area contributed by atoms with E-state index in [4.69, 9.17) is 10.8 Å². The van der Waals surface area contributed by atoms with Crippen molar-refractivity contribution >= 4 is 39.1 Å². The third-order valence-corrected chi connectivity index (χ3v) is 3.69. The molecule has 0 saturated carbocycles. The third-order valence-electron chi connectivity index (χ3n) is 2.03. The predicted octanol–water partition coefficient (Wildman–Crippen LogP) is 2.85. The van der Waals surface area contributed by atoms with Crippen LogP contribution in [0, 0.1) is 0 Å². The lowest BCUT2D eigenvalue weighted by molar-refractivity contribution is 0.0698. The van der Waals surface area contributed by atoms with E-state index in [2.05, 4.69) is 20.9 Å². The summed E-state index contributed by atoms with van der Waals surface area (Å²) < 4.78 is 0.939. The summed E-state index contributed by atoms with van der Waals surface area (Å²) in [7, 11) is 0. The highest BCUT2D eigenvalue weighted by molar-refractivity contribution is 9.11. The molecule has 2 aromatic rings. The lowest BCUT2D eigenvalue weighted by atomic mass is 10.1. The molecule has 3 N–H and O–H groups in total. The van der Waals surface area contributed by atoms with Crippen molar-refractivity contribution in [3.8, 4) is 10.4 Å². The number of nitrogens with zero attached hydrogens (tertiary/aromatic N) is 1. The van der Waals surface area contributed by atoms with Crippen LogP contribution in [0.3, 0.4) is 0 Å². The topological polar surface area (TPSA) is 76.2 Å². The lowest BCUT2D eigenvalue weighted by Crippen LogP contribution is -2.06. The molecule has 2 heterocycles. The SMILES string of the molecule is Nc1nccc(-c2ccc(Br)s2)c1C(=O)O. The van der Waals surface area contributed by atoms with Gasteiger partial charge in [-0.15, -0.1) is 11.3 Å². The van der Waals surface area contributed by atoms with E-state index in [-0.39, 0.29) is 11.4 Å². The number of hydrogen-bond acceptors (Lipinski definition) is 4. The molecule has 0 unspecified atom stereocenters. The van der Waals surface area contributed by atoms with Crippen LogP contribution in [0.4, 0.5) is 5.82 Å². The predicted molar refractivity (Wildman–Crippen MR) is 66.6 cm³/mol. The number of nitrogens with two attached hydrogens (primary N) is 1. The molecule has 6 heteroatoms. The minimum atomic E-state index is -1.06. The first-order valence-corrected chi connectivity index (χ1v) is 5.94. The van der Waals surface area contributed by atoms with Crippen molar-refractivity contribution in [3.05, 3.63) is 33.7 Å². The van der Waals surface area contributed by atoms with Crippen molar-refractivity contribution in [2.24, 2.45) is 0 Å². The van der Waals surface area contributed by atoms with E-state index >= 15 is 0 Å². The van der Waals surface area contributed by atoms with Crippen LogP contribution >= 0.6 is 27.3 Å². The highest BCUT2D eigenvalue weighted by Crippen LogP contribution is 2.34. The zero-order valence-electron chi connectivity index (χ0n) is 7.98. The summed E-state index contributed by atoms with van der Waals surface area (Å²) in [6.07, 6.45) is 1.50. The molecule has 0 spiro atoms. The van der Waals surface area contributed by atoms with Crippen molar-refractivity contribution in [3.63, 3.8) is 0 Å². The Labute approximate surface area is 104 Å². The molecule has 0 radical (unpaired) electrons. The van der Waals surface area contributed by atoms with Gasteiger partial charge in [-0.2, -0.15) is 0 Å². The molecule has 0 aliphatic heterocycles. The molecular weight excluding hydrogens is 292 g/mol. The fourth-order valence-corrected chi connectivity index (χ4v) is 2.78. The molecule has 0 aliphatic carbocycles. The first-order valence-electron chi connectivity index (χ1n) is 4.33. The third kappa shape index (κ3) is 1.94.